The quantitative estimate of drug-likeness (QED) is 0.344. The molecule has 1 aliphatic heterocycles. The summed E-state index contributed by atoms with van der Waals surface area (Å²) in [5.74, 6) is -5.51. The third-order valence-electron chi connectivity index (χ3n) is 4.21. The maximum Gasteiger partial charge on any atom is 0.490 e. The van der Waals surface area contributed by atoms with Crippen LogP contribution < -0.4 is 15.8 Å². The molecule has 0 aliphatic carbocycles. The molecule has 3 N–H and O–H groups in total. The number of nitrogens with one attached hydrogen (secondary N) is 1. The topological polar surface area (TPSA) is 149 Å². The van der Waals surface area contributed by atoms with E-state index in [2.05, 4.69) is 37.2 Å². The van der Waals surface area contributed by atoms with E-state index in [1.54, 1.807) is 13.1 Å². The van der Waals surface area contributed by atoms with Gasteiger partial charge in [-0.2, -0.15) is 31.6 Å². The zero-order valence-electron chi connectivity index (χ0n) is 17.5. The Labute approximate surface area is 200 Å². The van der Waals surface area contributed by atoms with Gasteiger partial charge < -0.3 is 25.0 Å². The molecule has 3 rings (SSSR count). The molecule has 1 aliphatic rings. The first-order valence-electron chi connectivity index (χ1n) is 9.17. The van der Waals surface area contributed by atoms with Crippen LogP contribution in [0.5, 0.6) is 0 Å². The minimum Gasteiger partial charge on any atom is -0.475 e. The predicted molar refractivity (Wildman–Crippen MR) is 112 cm³/mol. The lowest BCUT2D eigenvalue weighted by Crippen LogP contribution is -2.44. The van der Waals surface area contributed by atoms with Crippen LogP contribution in [0, 0.1) is 11.3 Å². The number of halogens is 7. The van der Waals surface area contributed by atoms with E-state index >= 15 is 0 Å². The monoisotopic (exact) mass is 575 g/mol. The molecule has 0 amide bonds. The Morgan fingerprint density at radius 2 is 1.54 bits per heavy atom. The summed E-state index contributed by atoms with van der Waals surface area (Å²) in [6.45, 7) is 3.17. The third-order valence-corrected chi connectivity index (χ3v) is 4.65. The number of nitrogens with zero attached hydrogens (tertiary/aromatic N) is 4. The highest BCUT2D eigenvalue weighted by Gasteiger charge is 2.38. The van der Waals surface area contributed by atoms with Crippen molar-refractivity contribution in [1.29, 1.82) is 5.26 Å². The highest BCUT2D eigenvalue weighted by Crippen LogP contribution is 2.28. The van der Waals surface area contributed by atoms with Crippen LogP contribution in [-0.2, 0) is 16.6 Å². The first-order valence-corrected chi connectivity index (χ1v) is 9.96. The lowest BCUT2D eigenvalue weighted by molar-refractivity contribution is -0.193. The number of aliphatic carboxylic acids is 2. The van der Waals surface area contributed by atoms with Crippen LogP contribution in [0.1, 0.15) is 5.56 Å². The van der Waals surface area contributed by atoms with Gasteiger partial charge >= 0.3 is 24.3 Å². The van der Waals surface area contributed by atoms with Crippen molar-refractivity contribution < 1.29 is 46.1 Å². The molecule has 192 valence electrons. The summed E-state index contributed by atoms with van der Waals surface area (Å²) in [6.07, 6.45) is -10.2. The molecule has 17 heteroatoms. The van der Waals surface area contributed by atoms with E-state index in [1.165, 1.54) is 4.57 Å². The van der Waals surface area contributed by atoms with Crippen molar-refractivity contribution in [2.24, 2.45) is 7.05 Å². The van der Waals surface area contributed by atoms with Crippen LogP contribution in [0.2, 0.25) is 0 Å². The van der Waals surface area contributed by atoms with Gasteiger partial charge in [0.05, 0.1) is 11.2 Å². The molecule has 35 heavy (non-hydrogen) atoms. The largest absolute Gasteiger partial charge is 0.490 e. The zero-order valence-corrected chi connectivity index (χ0v) is 19.1. The van der Waals surface area contributed by atoms with Crippen LogP contribution in [0.15, 0.2) is 21.5 Å². The number of alkyl halides is 6. The maximum atomic E-state index is 12.4. The van der Waals surface area contributed by atoms with Gasteiger partial charge in [0.25, 0.3) is 5.56 Å². The Kier molecular flexibility index (Phi) is 10.0. The van der Waals surface area contributed by atoms with Crippen LogP contribution >= 0.6 is 15.9 Å². The molecule has 0 unspecified atom stereocenters. The van der Waals surface area contributed by atoms with Gasteiger partial charge in [-0.25, -0.2) is 14.6 Å². The number of hydrogen-bond acceptors (Lipinski definition) is 7. The Balaban J connectivity index is 0.000000362. The number of aromatic nitrogens is 2. The Bertz CT molecular complexity index is 1160. The summed E-state index contributed by atoms with van der Waals surface area (Å²) in [5.41, 5.74) is 1.96. The molecule has 0 bridgehead atoms. The van der Waals surface area contributed by atoms with Gasteiger partial charge in [0.2, 0.25) is 0 Å². The number of pyridine rings is 2. The second-order valence-electron chi connectivity index (χ2n) is 6.54. The molecule has 0 spiro atoms. The number of anilines is 1. The van der Waals surface area contributed by atoms with Gasteiger partial charge in [-0.15, -0.1) is 0 Å². The summed E-state index contributed by atoms with van der Waals surface area (Å²) < 4.78 is 65.6. The number of hydrogen-bond donors (Lipinski definition) is 3. The first-order chi connectivity index (χ1) is 16.0. The SMILES string of the molecule is Cn1c(=O)c(C#N)c(N2CCNCC2)c2nc(Br)ccc21.O=C(O)C(F)(F)F.O=C(O)C(F)(F)F. The van der Waals surface area contributed by atoms with Crippen LogP contribution in [0.25, 0.3) is 11.0 Å². The number of piperazine rings is 1. The third kappa shape index (κ3) is 8.10. The van der Waals surface area contributed by atoms with E-state index in [0.717, 1.165) is 31.7 Å². The van der Waals surface area contributed by atoms with E-state index in [9.17, 15) is 36.4 Å². The van der Waals surface area contributed by atoms with E-state index in [1.807, 2.05) is 6.07 Å². The minimum atomic E-state index is -5.08. The maximum absolute atomic E-state index is 12.4. The molecule has 0 atom stereocenters. The van der Waals surface area contributed by atoms with Gasteiger partial charge in [-0.05, 0) is 28.1 Å². The summed E-state index contributed by atoms with van der Waals surface area (Å²) in [6, 6.07) is 5.71. The summed E-state index contributed by atoms with van der Waals surface area (Å²) >= 11 is 3.37. The minimum absolute atomic E-state index is 0.164. The van der Waals surface area contributed by atoms with E-state index in [0.29, 0.717) is 15.8 Å². The van der Waals surface area contributed by atoms with Crippen LogP contribution in [-0.4, -0.2) is 70.2 Å². The Hall–Kier alpha value is -3.39. The number of carbonyl (C=O) groups is 2. The predicted octanol–water partition coefficient (Wildman–Crippen LogP) is 2.24. The van der Waals surface area contributed by atoms with Gasteiger partial charge in [0, 0.05) is 33.2 Å². The molecule has 3 heterocycles. The van der Waals surface area contributed by atoms with Gasteiger partial charge in [-0.1, -0.05) is 0 Å². The molecule has 1 saturated heterocycles. The highest BCUT2D eigenvalue weighted by atomic mass is 79.9. The number of fused-ring (bicyclic) bond motifs is 1. The van der Waals surface area contributed by atoms with Crippen molar-refractivity contribution in [3.8, 4) is 6.07 Å². The van der Waals surface area contributed by atoms with Crippen molar-refractivity contribution in [3.63, 3.8) is 0 Å². The smallest absolute Gasteiger partial charge is 0.475 e. The lowest BCUT2D eigenvalue weighted by atomic mass is 10.1. The van der Waals surface area contributed by atoms with Crippen LogP contribution in [0.3, 0.4) is 0 Å². The van der Waals surface area contributed by atoms with Crippen LogP contribution in [0.4, 0.5) is 32.0 Å². The lowest BCUT2D eigenvalue weighted by Gasteiger charge is -2.30. The first kappa shape index (κ1) is 29.6. The molecule has 0 radical (unpaired) electrons. The summed E-state index contributed by atoms with van der Waals surface area (Å²) in [7, 11) is 1.67. The molecule has 2 aromatic heterocycles. The van der Waals surface area contributed by atoms with Crippen molar-refractivity contribution in [2.75, 3.05) is 31.1 Å². The molecular weight excluding hydrogens is 560 g/mol. The fraction of sp³-hybridized carbons (Fsp3) is 0.389. The van der Waals surface area contributed by atoms with Crippen molar-refractivity contribution >= 4 is 44.6 Å². The zero-order chi connectivity index (χ0) is 27.1. The second-order valence-corrected chi connectivity index (χ2v) is 7.36. The van der Waals surface area contributed by atoms with Gasteiger partial charge in [-0.3, -0.25) is 4.79 Å². The standard InChI is InChI=1S/C14H14BrN5O.2C2HF3O2/c1-19-10-2-3-11(15)18-12(10)13(9(8-16)14(19)21)20-6-4-17-5-7-20;2*3-2(4,5)1(6)7/h2-3,17H,4-7H2,1H3;2*(H,6,7). The summed E-state index contributed by atoms with van der Waals surface area (Å²) in [5, 5.41) is 27.0. The van der Waals surface area contributed by atoms with E-state index in [-0.39, 0.29) is 11.1 Å². The van der Waals surface area contributed by atoms with Crippen molar-refractivity contribution in [1.82, 2.24) is 14.9 Å². The average Bonchev–Trinajstić information content (AvgIpc) is 2.76. The Morgan fingerprint density at radius 3 is 1.94 bits per heavy atom. The fourth-order valence-corrected chi connectivity index (χ4v) is 2.98. The number of carboxylic acid groups (broad SMARTS) is 2. The average molecular weight is 576 g/mol. The summed E-state index contributed by atoms with van der Waals surface area (Å²) in [4.78, 5) is 36.8. The van der Waals surface area contributed by atoms with Crippen molar-refractivity contribution in [3.05, 3.63) is 32.7 Å². The molecule has 1 fully saturated rings. The Morgan fingerprint density at radius 1 is 1.09 bits per heavy atom. The molecule has 0 aromatic carbocycles. The second kappa shape index (κ2) is 11.8. The number of aryl methyl sites for hydroxylation is 1. The number of carboxylic acids is 2. The fourth-order valence-electron chi connectivity index (χ4n) is 2.67. The highest BCUT2D eigenvalue weighted by molar-refractivity contribution is 9.10. The normalized spacial score (nSPS) is 13.6. The van der Waals surface area contributed by atoms with E-state index < -0.39 is 24.3 Å². The van der Waals surface area contributed by atoms with Crippen molar-refractivity contribution in [2.45, 2.75) is 12.4 Å². The molecule has 10 nitrogen and oxygen atoms in total. The van der Waals surface area contributed by atoms with Gasteiger partial charge in [0.15, 0.2) is 0 Å². The molecular formula is C18H16BrF6N5O5. The number of nitriles is 1. The van der Waals surface area contributed by atoms with Gasteiger partial charge in [0.1, 0.15) is 21.8 Å². The van der Waals surface area contributed by atoms with E-state index in [4.69, 9.17) is 19.8 Å². The number of rotatable bonds is 1. The molecule has 0 saturated carbocycles. The molecule has 2 aromatic rings.